The number of hydrogen-bond acceptors (Lipinski definition) is 1. The maximum Gasteiger partial charge on any atom is 0.141 e. The van der Waals surface area contributed by atoms with Crippen molar-refractivity contribution in [2.75, 3.05) is 0 Å². The van der Waals surface area contributed by atoms with Gasteiger partial charge in [0.2, 0.25) is 0 Å². The van der Waals surface area contributed by atoms with Crippen LogP contribution in [0, 0.1) is 12.7 Å². The second-order valence-corrected chi connectivity index (χ2v) is 5.50. The van der Waals surface area contributed by atoms with Gasteiger partial charge >= 0.3 is 0 Å². The third kappa shape index (κ3) is 3.59. The molecule has 2 rings (SSSR count). The van der Waals surface area contributed by atoms with E-state index >= 15 is 0 Å². The van der Waals surface area contributed by atoms with Crippen molar-refractivity contribution in [2.45, 2.75) is 19.8 Å². The van der Waals surface area contributed by atoms with Crippen molar-refractivity contribution in [1.29, 1.82) is 0 Å². The Bertz CT molecular complexity index is 633. The molecule has 2 aromatic rings. The second-order valence-electron chi connectivity index (χ2n) is 4.69. The summed E-state index contributed by atoms with van der Waals surface area (Å²) in [5.41, 5.74) is 2.01. The molecule has 0 amide bonds. The molecule has 0 aliphatic carbocycles. The van der Waals surface area contributed by atoms with E-state index in [-0.39, 0.29) is 29.2 Å². The first kappa shape index (κ1) is 15.0. The highest BCUT2D eigenvalue weighted by atomic mass is 35.5. The van der Waals surface area contributed by atoms with Gasteiger partial charge in [-0.3, -0.25) is 4.79 Å². The third-order valence-electron chi connectivity index (χ3n) is 3.03. The Balaban J connectivity index is 2.13. The molecule has 0 heterocycles. The molecule has 0 fully saturated rings. The van der Waals surface area contributed by atoms with E-state index in [1.807, 2.05) is 19.1 Å². The van der Waals surface area contributed by atoms with Gasteiger partial charge in [0.05, 0.1) is 0 Å². The van der Waals surface area contributed by atoms with Gasteiger partial charge in [0.25, 0.3) is 0 Å². The van der Waals surface area contributed by atoms with E-state index in [0.29, 0.717) is 5.02 Å². The molecule has 0 saturated heterocycles. The number of benzene rings is 2. The monoisotopic (exact) mass is 310 g/mol. The highest BCUT2D eigenvalue weighted by Crippen LogP contribution is 2.22. The number of carbonyl (C=O) groups is 1. The zero-order chi connectivity index (χ0) is 14.7. The molecule has 20 heavy (non-hydrogen) atoms. The maximum atomic E-state index is 13.6. The molecular weight excluding hydrogens is 298 g/mol. The molecule has 0 bridgehead atoms. The maximum absolute atomic E-state index is 13.6. The lowest BCUT2D eigenvalue weighted by Crippen LogP contribution is -2.09. The minimum absolute atomic E-state index is 0.0320. The van der Waals surface area contributed by atoms with E-state index in [1.54, 1.807) is 12.1 Å². The molecule has 0 aliphatic heterocycles. The third-order valence-corrected chi connectivity index (χ3v) is 3.74. The number of aryl methyl sites for hydroxylation is 1. The molecule has 0 N–H and O–H groups in total. The minimum Gasteiger partial charge on any atom is -0.299 e. The lowest BCUT2D eigenvalue weighted by molar-refractivity contribution is -0.117. The predicted octanol–water partition coefficient (Wildman–Crippen LogP) is 4.80. The number of hydrogen-bond donors (Lipinski definition) is 0. The molecule has 0 atom stereocenters. The van der Waals surface area contributed by atoms with Crippen LogP contribution in [0.3, 0.4) is 0 Å². The summed E-state index contributed by atoms with van der Waals surface area (Å²) in [7, 11) is 0. The van der Waals surface area contributed by atoms with Gasteiger partial charge in [-0.05, 0) is 36.2 Å². The van der Waals surface area contributed by atoms with Gasteiger partial charge in [-0.15, -0.1) is 0 Å². The zero-order valence-electron chi connectivity index (χ0n) is 10.9. The second kappa shape index (κ2) is 6.38. The number of carbonyl (C=O) groups excluding carboxylic acids is 1. The first-order valence-electron chi connectivity index (χ1n) is 6.17. The van der Waals surface area contributed by atoms with E-state index in [4.69, 9.17) is 23.2 Å². The van der Waals surface area contributed by atoms with Crippen molar-refractivity contribution in [3.63, 3.8) is 0 Å². The van der Waals surface area contributed by atoms with Gasteiger partial charge in [0.1, 0.15) is 11.6 Å². The van der Waals surface area contributed by atoms with E-state index in [2.05, 4.69) is 0 Å². The Labute approximate surface area is 127 Å². The topological polar surface area (TPSA) is 17.1 Å². The van der Waals surface area contributed by atoms with Crippen LogP contribution in [-0.4, -0.2) is 5.78 Å². The number of rotatable bonds is 4. The van der Waals surface area contributed by atoms with Crippen molar-refractivity contribution >= 4 is 29.0 Å². The summed E-state index contributed by atoms with van der Waals surface area (Å²) in [6.45, 7) is 1.93. The van der Waals surface area contributed by atoms with Crippen LogP contribution >= 0.6 is 23.2 Å². The first-order valence-corrected chi connectivity index (χ1v) is 6.92. The molecule has 1 nitrogen and oxygen atoms in total. The number of halogens is 3. The molecule has 0 radical (unpaired) electrons. The van der Waals surface area contributed by atoms with Gasteiger partial charge in [0.15, 0.2) is 0 Å². The Morgan fingerprint density at radius 1 is 1.10 bits per heavy atom. The largest absolute Gasteiger partial charge is 0.299 e. The average Bonchev–Trinajstić information content (AvgIpc) is 2.37. The van der Waals surface area contributed by atoms with Crippen LogP contribution in [0.5, 0.6) is 0 Å². The van der Waals surface area contributed by atoms with Crippen LogP contribution in [0.25, 0.3) is 0 Å². The lowest BCUT2D eigenvalue weighted by Gasteiger charge is -2.07. The van der Waals surface area contributed by atoms with Gasteiger partial charge in [-0.1, -0.05) is 41.4 Å². The highest BCUT2D eigenvalue weighted by molar-refractivity contribution is 6.32. The van der Waals surface area contributed by atoms with E-state index in [9.17, 15) is 9.18 Å². The standard InChI is InChI=1S/C16H13Cl2FO/c1-10-5-6-11(15(18)7-10)8-12(20)9-13-14(17)3-2-4-16(13)19/h2-7H,8-9H2,1H3. The van der Waals surface area contributed by atoms with Crippen LogP contribution < -0.4 is 0 Å². The minimum atomic E-state index is -0.458. The summed E-state index contributed by atoms with van der Waals surface area (Å²) in [4.78, 5) is 12.0. The first-order chi connectivity index (χ1) is 9.47. The fourth-order valence-corrected chi connectivity index (χ4v) is 2.50. The Morgan fingerprint density at radius 3 is 2.50 bits per heavy atom. The van der Waals surface area contributed by atoms with Crippen LogP contribution in [0.1, 0.15) is 16.7 Å². The molecule has 4 heteroatoms. The van der Waals surface area contributed by atoms with Crippen molar-refractivity contribution in [1.82, 2.24) is 0 Å². The summed E-state index contributed by atoms with van der Waals surface area (Å²) >= 11 is 12.0. The summed E-state index contributed by atoms with van der Waals surface area (Å²) < 4.78 is 13.6. The summed E-state index contributed by atoms with van der Waals surface area (Å²) in [5, 5.41) is 0.825. The smallest absolute Gasteiger partial charge is 0.141 e. The number of ketones is 1. The summed E-state index contributed by atoms with van der Waals surface area (Å²) in [6, 6.07) is 9.91. The molecule has 0 aromatic heterocycles. The molecule has 0 spiro atoms. The quantitative estimate of drug-likeness (QED) is 0.793. The normalized spacial score (nSPS) is 10.6. The van der Waals surface area contributed by atoms with Gasteiger partial charge in [-0.25, -0.2) is 4.39 Å². The van der Waals surface area contributed by atoms with Crippen LogP contribution in [0.15, 0.2) is 36.4 Å². The summed E-state index contributed by atoms with van der Waals surface area (Å²) in [5.74, 6) is -0.580. The molecule has 0 unspecified atom stereocenters. The fraction of sp³-hybridized carbons (Fsp3) is 0.188. The lowest BCUT2D eigenvalue weighted by atomic mass is 10.0. The van der Waals surface area contributed by atoms with Crippen molar-refractivity contribution in [3.8, 4) is 0 Å². The average molecular weight is 311 g/mol. The molecule has 104 valence electrons. The van der Waals surface area contributed by atoms with Crippen molar-refractivity contribution in [3.05, 3.63) is 69.0 Å². The van der Waals surface area contributed by atoms with Crippen molar-refractivity contribution in [2.24, 2.45) is 0 Å². The highest BCUT2D eigenvalue weighted by Gasteiger charge is 2.13. The van der Waals surface area contributed by atoms with E-state index in [0.717, 1.165) is 11.1 Å². The molecule has 2 aromatic carbocycles. The Kier molecular flexibility index (Phi) is 4.79. The molecule has 0 aliphatic rings. The Morgan fingerprint density at radius 2 is 1.85 bits per heavy atom. The van der Waals surface area contributed by atoms with Crippen LogP contribution in [-0.2, 0) is 17.6 Å². The SMILES string of the molecule is Cc1ccc(CC(=O)Cc2c(F)cccc2Cl)c(Cl)c1. The van der Waals surface area contributed by atoms with Crippen LogP contribution in [0.4, 0.5) is 4.39 Å². The van der Waals surface area contributed by atoms with Crippen LogP contribution in [0.2, 0.25) is 10.0 Å². The fourth-order valence-electron chi connectivity index (χ4n) is 1.97. The van der Waals surface area contributed by atoms with Gasteiger partial charge in [0, 0.05) is 28.5 Å². The summed E-state index contributed by atoms with van der Waals surface area (Å²) in [6.07, 6.45) is 0.138. The Hall–Kier alpha value is -1.38. The molecular formula is C16H13Cl2FO. The van der Waals surface area contributed by atoms with E-state index < -0.39 is 5.82 Å². The molecule has 0 saturated carbocycles. The van der Waals surface area contributed by atoms with E-state index in [1.165, 1.54) is 12.1 Å². The predicted molar refractivity (Wildman–Crippen MR) is 80.0 cm³/mol. The van der Waals surface area contributed by atoms with Gasteiger partial charge < -0.3 is 0 Å². The van der Waals surface area contributed by atoms with Crippen molar-refractivity contribution < 1.29 is 9.18 Å². The van der Waals surface area contributed by atoms with Gasteiger partial charge in [-0.2, -0.15) is 0 Å². The number of Topliss-reactive ketones (excluding diaryl/α,β-unsaturated/α-hetero) is 1. The zero-order valence-corrected chi connectivity index (χ0v) is 12.4.